The summed E-state index contributed by atoms with van der Waals surface area (Å²) in [5.41, 5.74) is 2.62. The second-order valence-corrected chi connectivity index (χ2v) is 8.50. The number of benzene rings is 2. The van der Waals surface area contributed by atoms with Crippen molar-refractivity contribution >= 4 is 5.91 Å². The molecule has 1 amide bonds. The number of carbonyl (C=O) groups excluding carboxylic acids is 1. The second kappa shape index (κ2) is 9.90. The number of carbonyl (C=O) groups is 1. The van der Waals surface area contributed by atoms with Gasteiger partial charge in [-0.3, -0.25) is 4.79 Å². The first-order valence-electron chi connectivity index (χ1n) is 11.3. The fourth-order valence-corrected chi connectivity index (χ4v) is 4.95. The van der Waals surface area contributed by atoms with Crippen LogP contribution in [0, 0.1) is 29.1 Å². The number of amides is 1. The Balaban J connectivity index is 1.50. The van der Waals surface area contributed by atoms with Gasteiger partial charge in [0.2, 0.25) is 5.91 Å². The van der Waals surface area contributed by atoms with Crippen LogP contribution in [0.4, 0.5) is 0 Å². The van der Waals surface area contributed by atoms with E-state index in [4.69, 9.17) is 4.74 Å². The Kier molecular flexibility index (Phi) is 6.78. The average Bonchev–Trinajstić information content (AvgIpc) is 2.84. The predicted molar refractivity (Wildman–Crippen MR) is 122 cm³/mol. The molecule has 32 heavy (non-hydrogen) atoms. The lowest BCUT2D eigenvalue weighted by Crippen LogP contribution is -2.66. The lowest BCUT2D eigenvalue weighted by atomic mass is 9.74. The molecule has 0 radical (unpaired) electrons. The van der Waals surface area contributed by atoms with Crippen molar-refractivity contribution in [1.82, 2.24) is 4.90 Å². The fraction of sp³-hybridized carbons (Fsp3) is 0.407. The Morgan fingerprint density at radius 3 is 2.47 bits per heavy atom. The van der Waals surface area contributed by atoms with Crippen molar-refractivity contribution in [3.8, 4) is 23.7 Å². The van der Waals surface area contributed by atoms with Crippen LogP contribution in [0.2, 0.25) is 0 Å². The van der Waals surface area contributed by atoms with Crippen LogP contribution >= 0.6 is 0 Å². The molecular weight excluding hydrogens is 400 g/mol. The molecule has 164 valence electrons. The number of methoxy groups -OCH3 is 1. The van der Waals surface area contributed by atoms with Crippen molar-refractivity contribution in [3.63, 3.8) is 0 Å². The topological polar surface area (TPSA) is 73.6 Å². The van der Waals surface area contributed by atoms with Crippen molar-refractivity contribution in [2.75, 3.05) is 13.7 Å². The number of hydrogen-bond acceptors (Lipinski definition) is 4. The molecular formula is C27H28N2O3. The SMILES string of the molecule is COc1ccccc1C#Cc1ccc([C@@H]2[C@@H](C#N)N(C(=O)C3CCCCC3)[C@H]2CO)cc1. The third-order valence-corrected chi connectivity index (χ3v) is 6.68. The van der Waals surface area contributed by atoms with Gasteiger partial charge in [0.1, 0.15) is 11.8 Å². The van der Waals surface area contributed by atoms with Crippen LogP contribution in [0.25, 0.3) is 0 Å². The number of hydrogen-bond donors (Lipinski definition) is 1. The third kappa shape index (κ3) is 4.22. The summed E-state index contributed by atoms with van der Waals surface area (Å²) in [6.07, 6.45) is 5.06. The molecule has 2 aromatic rings. The minimum absolute atomic E-state index is 0.0118. The summed E-state index contributed by atoms with van der Waals surface area (Å²) < 4.78 is 5.34. The smallest absolute Gasteiger partial charge is 0.227 e. The van der Waals surface area contributed by atoms with Crippen LogP contribution in [0.3, 0.4) is 0 Å². The lowest BCUT2D eigenvalue weighted by Gasteiger charge is -2.52. The largest absolute Gasteiger partial charge is 0.495 e. The first-order valence-corrected chi connectivity index (χ1v) is 11.3. The Morgan fingerprint density at radius 1 is 1.09 bits per heavy atom. The average molecular weight is 429 g/mol. The molecule has 1 saturated heterocycles. The van der Waals surface area contributed by atoms with Crippen LogP contribution in [0.1, 0.15) is 54.7 Å². The maximum absolute atomic E-state index is 13.1. The van der Waals surface area contributed by atoms with E-state index in [1.165, 1.54) is 6.42 Å². The molecule has 1 heterocycles. The number of likely N-dealkylation sites (tertiary alicyclic amines) is 1. The number of para-hydroxylation sites is 1. The van der Waals surface area contributed by atoms with Gasteiger partial charge in [0.05, 0.1) is 31.4 Å². The van der Waals surface area contributed by atoms with Gasteiger partial charge < -0.3 is 14.7 Å². The van der Waals surface area contributed by atoms with Crippen molar-refractivity contribution in [3.05, 3.63) is 65.2 Å². The number of aliphatic hydroxyl groups is 1. The van der Waals surface area contributed by atoms with Gasteiger partial charge in [0.25, 0.3) is 0 Å². The van der Waals surface area contributed by atoms with Gasteiger partial charge in [0.15, 0.2) is 0 Å². The molecule has 1 saturated carbocycles. The van der Waals surface area contributed by atoms with Crippen LogP contribution in [0.15, 0.2) is 48.5 Å². The molecule has 2 aliphatic rings. The molecule has 4 rings (SSSR count). The van der Waals surface area contributed by atoms with E-state index in [1.807, 2.05) is 48.5 Å². The predicted octanol–water partition coefficient (Wildman–Crippen LogP) is 3.85. The molecule has 5 heteroatoms. The highest BCUT2D eigenvalue weighted by Gasteiger charge is 2.52. The van der Waals surface area contributed by atoms with E-state index in [0.29, 0.717) is 0 Å². The van der Waals surface area contributed by atoms with Gasteiger partial charge >= 0.3 is 0 Å². The summed E-state index contributed by atoms with van der Waals surface area (Å²) in [5, 5.41) is 19.8. The van der Waals surface area contributed by atoms with Gasteiger partial charge in [-0.2, -0.15) is 5.26 Å². The highest BCUT2D eigenvalue weighted by molar-refractivity contribution is 5.81. The lowest BCUT2D eigenvalue weighted by molar-refractivity contribution is -0.152. The maximum Gasteiger partial charge on any atom is 0.227 e. The second-order valence-electron chi connectivity index (χ2n) is 8.50. The maximum atomic E-state index is 13.1. The summed E-state index contributed by atoms with van der Waals surface area (Å²) >= 11 is 0. The molecule has 2 fully saturated rings. The Labute approximate surface area is 189 Å². The minimum atomic E-state index is -0.535. The van der Waals surface area contributed by atoms with Gasteiger partial charge in [-0.15, -0.1) is 0 Å². The molecule has 3 atom stereocenters. The molecule has 0 spiro atoms. The summed E-state index contributed by atoms with van der Waals surface area (Å²) in [6, 6.07) is 16.8. The van der Waals surface area contributed by atoms with Gasteiger partial charge in [-0.25, -0.2) is 0 Å². The van der Waals surface area contributed by atoms with Crippen molar-refractivity contribution in [2.45, 2.75) is 50.1 Å². The number of nitriles is 1. The Bertz CT molecular complexity index is 1050. The van der Waals surface area contributed by atoms with Crippen LogP contribution in [0.5, 0.6) is 5.75 Å². The Morgan fingerprint density at radius 2 is 1.81 bits per heavy atom. The molecule has 1 aliphatic carbocycles. The van der Waals surface area contributed by atoms with Crippen molar-refractivity contribution in [1.29, 1.82) is 5.26 Å². The molecule has 1 N–H and O–H groups in total. The molecule has 0 aromatic heterocycles. The van der Waals surface area contributed by atoms with E-state index in [-0.39, 0.29) is 30.4 Å². The van der Waals surface area contributed by atoms with Gasteiger partial charge in [-0.05, 0) is 42.7 Å². The van der Waals surface area contributed by atoms with E-state index >= 15 is 0 Å². The standard InChI is InChI=1S/C27H28N2O3/c1-32-25-10-6-5-7-20(25)14-11-19-12-15-21(16-13-19)26-23(17-28)29(24(26)18-30)27(31)22-8-3-2-4-9-22/h5-7,10,12-13,15-16,22-24,26,30H,2-4,8-9,18H2,1H3/t23-,24+,26-/m1/s1. The third-order valence-electron chi connectivity index (χ3n) is 6.68. The summed E-state index contributed by atoms with van der Waals surface area (Å²) in [7, 11) is 1.62. The zero-order chi connectivity index (χ0) is 22.5. The fourth-order valence-electron chi connectivity index (χ4n) is 4.95. The first kappa shape index (κ1) is 21.9. The Hall–Kier alpha value is -3.28. The monoisotopic (exact) mass is 428 g/mol. The summed E-state index contributed by atoms with van der Waals surface area (Å²) in [6.45, 7) is -0.142. The van der Waals surface area contributed by atoms with E-state index in [9.17, 15) is 15.2 Å². The van der Waals surface area contributed by atoms with Crippen LogP contribution < -0.4 is 4.74 Å². The van der Waals surface area contributed by atoms with Crippen molar-refractivity contribution in [2.24, 2.45) is 5.92 Å². The summed E-state index contributed by atoms with van der Waals surface area (Å²) in [5.74, 6) is 6.85. The zero-order valence-electron chi connectivity index (χ0n) is 18.3. The molecule has 0 bridgehead atoms. The van der Waals surface area contributed by atoms with Crippen molar-refractivity contribution < 1.29 is 14.6 Å². The number of aliphatic hydroxyl groups excluding tert-OH is 1. The summed E-state index contributed by atoms with van der Waals surface area (Å²) in [4.78, 5) is 14.7. The number of nitrogens with zero attached hydrogens (tertiary/aromatic N) is 2. The van der Waals surface area contributed by atoms with E-state index < -0.39 is 6.04 Å². The highest BCUT2D eigenvalue weighted by Crippen LogP contribution is 2.42. The van der Waals surface area contributed by atoms with Gasteiger partial charge in [-0.1, -0.05) is 55.4 Å². The quantitative estimate of drug-likeness (QED) is 0.751. The number of rotatable bonds is 4. The zero-order valence-corrected chi connectivity index (χ0v) is 18.3. The number of ether oxygens (including phenoxy) is 1. The van der Waals surface area contributed by atoms with Crippen LogP contribution in [-0.4, -0.2) is 41.7 Å². The molecule has 1 aliphatic heterocycles. The van der Waals surface area contributed by atoms with E-state index in [2.05, 4.69) is 17.9 Å². The normalized spacial score (nSPS) is 22.8. The van der Waals surface area contributed by atoms with Crippen LogP contribution in [-0.2, 0) is 4.79 Å². The molecule has 2 aromatic carbocycles. The van der Waals surface area contributed by atoms with E-state index in [0.717, 1.165) is 48.1 Å². The van der Waals surface area contributed by atoms with Gasteiger partial charge in [0, 0.05) is 17.4 Å². The van der Waals surface area contributed by atoms with E-state index in [1.54, 1.807) is 12.0 Å². The molecule has 5 nitrogen and oxygen atoms in total. The minimum Gasteiger partial charge on any atom is -0.495 e. The highest BCUT2D eigenvalue weighted by atomic mass is 16.5. The molecule has 0 unspecified atom stereocenters. The first-order chi connectivity index (χ1) is 15.7.